The molecule has 3 rings (SSSR count). The van der Waals surface area contributed by atoms with Crippen molar-refractivity contribution in [3.05, 3.63) is 69.8 Å². The Hall–Kier alpha value is -2.91. The molecule has 0 aliphatic rings. The Labute approximate surface area is 159 Å². The smallest absolute Gasteiger partial charge is 0.270 e. The Morgan fingerprint density at radius 3 is 2.92 bits per heavy atom. The van der Waals surface area contributed by atoms with Gasteiger partial charge in [0.2, 0.25) is 0 Å². The predicted octanol–water partition coefficient (Wildman–Crippen LogP) is 3.64. The Morgan fingerprint density at radius 2 is 2.15 bits per heavy atom. The van der Waals surface area contributed by atoms with Crippen molar-refractivity contribution >= 4 is 39.5 Å². The summed E-state index contributed by atoms with van der Waals surface area (Å²) in [6, 6.07) is 12.2. The molecule has 26 heavy (non-hydrogen) atoms. The van der Waals surface area contributed by atoms with E-state index >= 15 is 0 Å². The summed E-state index contributed by atoms with van der Waals surface area (Å²) in [6.45, 7) is 0.659. The first-order valence-corrected chi connectivity index (χ1v) is 9.06. The largest absolute Gasteiger partial charge is 0.362 e. The van der Waals surface area contributed by atoms with Gasteiger partial charge in [0.25, 0.3) is 5.69 Å². The number of aromatic nitrogens is 2. The van der Waals surface area contributed by atoms with E-state index in [9.17, 15) is 10.1 Å². The van der Waals surface area contributed by atoms with Crippen molar-refractivity contribution in [3.8, 4) is 11.3 Å². The zero-order chi connectivity index (χ0) is 18.4. The normalized spacial score (nSPS) is 10.3. The molecule has 0 saturated carbocycles. The number of non-ortho nitro benzene ring substituents is 1. The molecule has 1 aromatic carbocycles. The zero-order valence-electron chi connectivity index (χ0n) is 13.6. The van der Waals surface area contributed by atoms with Crippen LogP contribution in [0.3, 0.4) is 0 Å². The molecular formula is C17H15N5O2S2. The molecule has 2 N–H and O–H groups in total. The minimum atomic E-state index is -0.421. The molecule has 0 aliphatic carbocycles. The first-order chi connectivity index (χ1) is 12.6. The SMILES string of the molecule is O=[N+]([O-])c1cccc(-c2csc(NC(=S)NCCc3ccccn3)n2)c1. The lowest BCUT2D eigenvalue weighted by atomic mass is 10.1. The third-order valence-electron chi connectivity index (χ3n) is 3.47. The standard InChI is InChI=1S/C17H15N5O2S2/c23-22(24)14-6-3-4-12(10-14)15-11-26-17(20-15)21-16(25)19-9-7-13-5-1-2-8-18-13/h1-6,8,10-11H,7,9H2,(H2,19,20,21,25). The number of pyridine rings is 1. The van der Waals surface area contributed by atoms with E-state index in [4.69, 9.17) is 12.2 Å². The van der Waals surface area contributed by atoms with Crippen LogP contribution in [0, 0.1) is 10.1 Å². The molecule has 0 spiro atoms. The molecule has 0 fully saturated rings. The van der Waals surface area contributed by atoms with Crippen molar-refractivity contribution in [3.63, 3.8) is 0 Å². The van der Waals surface area contributed by atoms with Gasteiger partial charge in [-0.05, 0) is 24.4 Å². The van der Waals surface area contributed by atoms with Crippen LogP contribution in [0.2, 0.25) is 0 Å². The Bertz CT molecular complexity index is 914. The fourth-order valence-corrected chi connectivity index (χ4v) is 3.22. The minimum Gasteiger partial charge on any atom is -0.362 e. The van der Waals surface area contributed by atoms with Gasteiger partial charge in [0.15, 0.2) is 10.2 Å². The number of benzene rings is 1. The van der Waals surface area contributed by atoms with Crippen LogP contribution in [-0.2, 0) is 6.42 Å². The number of thiocarbonyl (C=S) groups is 1. The van der Waals surface area contributed by atoms with Crippen LogP contribution in [0.1, 0.15) is 5.69 Å². The lowest BCUT2D eigenvalue weighted by molar-refractivity contribution is -0.384. The van der Waals surface area contributed by atoms with Crippen LogP contribution in [-0.4, -0.2) is 26.5 Å². The molecule has 132 valence electrons. The third-order valence-corrected chi connectivity index (χ3v) is 4.47. The molecule has 2 aromatic heterocycles. The number of hydrogen-bond acceptors (Lipinski definition) is 6. The van der Waals surface area contributed by atoms with Crippen molar-refractivity contribution in [1.82, 2.24) is 15.3 Å². The second-order valence-corrected chi connectivity index (χ2v) is 6.56. The average Bonchev–Trinajstić information content (AvgIpc) is 3.11. The minimum absolute atomic E-state index is 0.0386. The van der Waals surface area contributed by atoms with Crippen LogP contribution >= 0.6 is 23.6 Å². The molecule has 0 radical (unpaired) electrons. The summed E-state index contributed by atoms with van der Waals surface area (Å²) in [5, 5.41) is 20.0. The highest BCUT2D eigenvalue weighted by molar-refractivity contribution is 7.80. The number of nitrogens with zero attached hydrogens (tertiary/aromatic N) is 3. The Balaban J connectivity index is 1.55. The molecule has 0 amide bonds. The number of hydrogen-bond donors (Lipinski definition) is 2. The maximum absolute atomic E-state index is 10.9. The van der Waals surface area contributed by atoms with Crippen molar-refractivity contribution in [2.45, 2.75) is 6.42 Å². The molecule has 9 heteroatoms. The molecule has 2 heterocycles. The van der Waals surface area contributed by atoms with Crippen LogP contribution in [0.4, 0.5) is 10.8 Å². The maximum Gasteiger partial charge on any atom is 0.270 e. The molecule has 3 aromatic rings. The van der Waals surface area contributed by atoms with Gasteiger partial charge in [-0.15, -0.1) is 11.3 Å². The highest BCUT2D eigenvalue weighted by Gasteiger charge is 2.10. The summed E-state index contributed by atoms with van der Waals surface area (Å²) in [7, 11) is 0. The zero-order valence-corrected chi connectivity index (χ0v) is 15.2. The van der Waals surface area contributed by atoms with E-state index in [0.717, 1.165) is 12.1 Å². The Kier molecular flexibility index (Phi) is 5.82. The summed E-state index contributed by atoms with van der Waals surface area (Å²) in [4.78, 5) is 19.1. The second kappa shape index (κ2) is 8.45. The number of anilines is 1. The van der Waals surface area contributed by atoms with Gasteiger partial charge < -0.3 is 10.6 Å². The summed E-state index contributed by atoms with van der Waals surface area (Å²) >= 11 is 6.65. The average molecular weight is 385 g/mol. The fourth-order valence-electron chi connectivity index (χ4n) is 2.23. The molecular weight excluding hydrogens is 370 g/mol. The van der Waals surface area contributed by atoms with Gasteiger partial charge in [-0.25, -0.2) is 4.98 Å². The van der Waals surface area contributed by atoms with Crippen LogP contribution < -0.4 is 10.6 Å². The topological polar surface area (TPSA) is 93.0 Å². The third kappa shape index (κ3) is 4.80. The van der Waals surface area contributed by atoms with E-state index in [1.165, 1.54) is 23.5 Å². The molecule has 0 unspecified atom stereocenters. The number of rotatable bonds is 6. The van der Waals surface area contributed by atoms with Crippen molar-refractivity contribution < 1.29 is 4.92 Å². The monoisotopic (exact) mass is 385 g/mol. The molecule has 0 atom stereocenters. The predicted molar refractivity (Wildman–Crippen MR) is 106 cm³/mol. The van der Waals surface area contributed by atoms with E-state index < -0.39 is 4.92 Å². The highest BCUT2D eigenvalue weighted by Crippen LogP contribution is 2.27. The molecule has 0 bridgehead atoms. The van der Waals surface area contributed by atoms with Gasteiger partial charge in [-0.1, -0.05) is 18.2 Å². The van der Waals surface area contributed by atoms with Gasteiger partial charge in [0, 0.05) is 47.9 Å². The van der Waals surface area contributed by atoms with Gasteiger partial charge in [-0.3, -0.25) is 15.1 Å². The van der Waals surface area contributed by atoms with E-state index in [1.54, 1.807) is 18.3 Å². The molecule has 0 aliphatic heterocycles. The summed E-state index contributed by atoms with van der Waals surface area (Å²) < 4.78 is 0. The number of nitro groups is 1. The van der Waals surface area contributed by atoms with Crippen LogP contribution in [0.5, 0.6) is 0 Å². The van der Waals surface area contributed by atoms with Crippen molar-refractivity contribution in [2.24, 2.45) is 0 Å². The van der Waals surface area contributed by atoms with Gasteiger partial charge >= 0.3 is 0 Å². The second-order valence-electron chi connectivity index (χ2n) is 5.30. The van der Waals surface area contributed by atoms with Crippen molar-refractivity contribution in [2.75, 3.05) is 11.9 Å². The quantitative estimate of drug-likeness (QED) is 0.380. The van der Waals surface area contributed by atoms with E-state index in [1.807, 2.05) is 23.6 Å². The summed E-state index contributed by atoms with van der Waals surface area (Å²) in [5.74, 6) is 0. The summed E-state index contributed by atoms with van der Waals surface area (Å²) in [6.07, 6.45) is 2.52. The van der Waals surface area contributed by atoms with Crippen LogP contribution in [0.25, 0.3) is 11.3 Å². The number of nitrogens with one attached hydrogen (secondary N) is 2. The number of thiazole rings is 1. The highest BCUT2D eigenvalue weighted by atomic mass is 32.1. The van der Waals surface area contributed by atoms with E-state index in [2.05, 4.69) is 20.6 Å². The fraction of sp³-hybridized carbons (Fsp3) is 0.118. The molecule has 7 nitrogen and oxygen atoms in total. The maximum atomic E-state index is 10.9. The van der Waals surface area contributed by atoms with Gasteiger partial charge in [-0.2, -0.15) is 0 Å². The first kappa shape index (κ1) is 17.9. The Morgan fingerprint density at radius 1 is 1.27 bits per heavy atom. The lowest BCUT2D eigenvalue weighted by Crippen LogP contribution is -2.30. The number of nitro benzene ring substituents is 1. The van der Waals surface area contributed by atoms with Gasteiger partial charge in [0.05, 0.1) is 10.6 Å². The molecule has 0 saturated heterocycles. The lowest BCUT2D eigenvalue weighted by Gasteiger charge is -2.07. The van der Waals surface area contributed by atoms with E-state index in [0.29, 0.717) is 28.0 Å². The van der Waals surface area contributed by atoms with E-state index in [-0.39, 0.29) is 5.69 Å². The first-order valence-electron chi connectivity index (χ1n) is 7.77. The van der Waals surface area contributed by atoms with Crippen molar-refractivity contribution in [1.29, 1.82) is 0 Å². The van der Waals surface area contributed by atoms with Gasteiger partial charge in [0.1, 0.15) is 0 Å². The van der Waals surface area contributed by atoms with Crippen LogP contribution in [0.15, 0.2) is 54.0 Å². The summed E-state index contributed by atoms with van der Waals surface area (Å²) in [5.41, 5.74) is 2.39.